The molecule has 1 N–H and O–H groups in total. The van der Waals surface area contributed by atoms with E-state index in [1.54, 1.807) is 0 Å². The number of hydrogen-bond donors (Lipinski definition) is 1. The Kier molecular flexibility index (Phi) is 7.22. The Morgan fingerprint density at radius 1 is 1.11 bits per heavy atom. The van der Waals surface area contributed by atoms with E-state index in [1.165, 1.54) is 35.1 Å². The first-order valence-corrected chi connectivity index (χ1v) is 11.0. The highest BCUT2D eigenvalue weighted by molar-refractivity contribution is 7.98. The quantitative estimate of drug-likeness (QED) is 0.672. The number of carbonyl (C=O) groups excluding carboxylic acids is 1. The molecule has 2 aromatic carbocycles. The van der Waals surface area contributed by atoms with Crippen molar-refractivity contribution in [3.05, 3.63) is 64.7 Å². The normalized spacial score (nSPS) is 14.3. The Morgan fingerprint density at radius 2 is 1.85 bits per heavy atom. The van der Waals surface area contributed by atoms with Gasteiger partial charge < -0.3 is 10.1 Å². The number of thioether (sulfide) groups is 1. The van der Waals surface area contributed by atoms with Crippen LogP contribution < -0.4 is 10.1 Å². The highest BCUT2D eigenvalue weighted by Gasteiger charge is 2.16. The van der Waals surface area contributed by atoms with Gasteiger partial charge in [-0.1, -0.05) is 35.9 Å². The van der Waals surface area contributed by atoms with Crippen molar-refractivity contribution in [1.29, 1.82) is 0 Å². The van der Waals surface area contributed by atoms with Crippen LogP contribution in [0.2, 0.25) is 0 Å². The third-order valence-corrected chi connectivity index (χ3v) is 5.97. The van der Waals surface area contributed by atoms with Crippen LogP contribution >= 0.6 is 11.8 Å². The minimum atomic E-state index is -0.478. The average molecular weight is 384 g/mol. The lowest BCUT2D eigenvalue weighted by Gasteiger charge is -2.19. The van der Waals surface area contributed by atoms with Crippen LogP contribution in [0.1, 0.15) is 42.0 Å². The maximum absolute atomic E-state index is 12.3. The molecular weight excluding hydrogens is 354 g/mol. The third kappa shape index (κ3) is 6.03. The molecule has 0 saturated carbocycles. The lowest BCUT2D eigenvalue weighted by atomic mass is 9.92. The maximum atomic E-state index is 12.3. The Bertz CT molecular complexity index is 757. The SMILES string of the molecule is Cc1ccc(CSCCNC(=O)[C@H](C)Oc2ccc3c(c2)CCCC3)cc1. The molecule has 144 valence electrons. The summed E-state index contributed by atoms with van der Waals surface area (Å²) < 4.78 is 5.86. The molecule has 0 bridgehead atoms. The van der Waals surface area contributed by atoms with E-state index in [0.29, 0.717) is 6.54 Å². The molecule has 3 nitrogen and oxygen atoms in total. The van der Waals surface area contributed by atoms with Gasteiger partial charge in [0.05, 0.1) is 0 Å². The highest BCUT2D eigenvalue weighted by atomic mass is 32.2. The van der Waals surface area contributed by atoms with E-state index in [-0.39, 0.29) is 5.91 Å². The number of carbonyl (C=O) groups is 1. The molecule has 2 aromatic rings. The van der Waals surface area contributed by atoms with Crippen LogP contribution in [-0.2, 0) is 23.4 Å². The van der Waals surface area contributed by atoms with E-state index >= 15 is 0 Å². The van der Waals surface area contributed by atoms with Crippen molar-refractivity contribution in [1.82, 2.24) is 5.32 Å². The Hall–Kier alpha value is -1.94. The summed E-state index contributed by atoms with van der Waals surface area (Å²) in [5.41, 5.74) is 5.40. The lowest BCUT2D eigenvalue weighted by molar-refractivity contribution is -0.127. The van der Waals surface area contributed by atoms with E-state index in [9.17, 15) is 4.79 Å². The number of nitrogens with one attached hydrogen (secondary N) is 1. The van der Waals surface area contributed by atoms with E-state index in [2.05, 4.69) is 48.6 Å². The smallest absolute Gasteiger partial charge is 0.260 e. The summed E-state index contributed by atoms with van der Waals surface area (Å²) in [5, 5.41) is 2.98. The second-order valence-electron chi connectivity index (χ2n) is 7.23. The van der Waals surface area contributed by atoms with Crippen molar-refractivity contribution in [2.24, 2.45) is 0 Å². The fourth-order valence-electron chi connectivity index (χ4n) is 3.31. The molecule has 0 unspecified atom stereocenters. The summed E-state index contributed by atoms with van der Waals surface area (Å²) >= 11 is 1.83. The van der Waals surface area contributed by atoms with E-state index < -0.39 is 6.10 Å². The van der Waals surface area contributed by atoms with Crippen LogP contribution in [0.15, 0.2) is 42.5 Å². The summed E-state index contributed by atoms with van der Waals surface area (Å²) in [6, 6.07) is 14.8. The van der Waals surface area contributed by atoms with Crippen molar-refractivity contribution in [2.75, 3.05) is 12.3 Å². The molecule has 0 aliphatic heterocycles. The Morgan fingerprint density at radius 3 is 2.63 bits per heavy atom. The zero-order valence-electron chi connectivity index (χ0n) is 16.3. The number of fused-ring (bicyclic) bond motifs is 1. The standard InChI is InChI=1S/C23H29NO2S/c1-17-7-9-19(10-8-17)16-27-14-13-24-23(25)18(2)26-22-12-11-20-5-3-4-6-21(20)15-22/h7-12,15,18H,3-6,13-14,16H2,1-2H3,(H,24,25)/t18-/m0/s1. The topological polar surface area (TPSA) is 38.3 Å². The molecule has 0 fully saturated rings. The van der Waals surface area contributed by atoms with Crippen LogP contribution in [0.3, 0.4) is 0 Å². The number of rotatable bonds is 8. The minimum Gasteiger partial charge on any atom is -0.481 e. The number of benzene rings is 2. The zero-order chi connectivity index (χ0) is 19.1. The predicted octanol–water partition coefficient (Wildman–Crippen LogP) is 4.69. The van der Waals surface area contributed by atoms with Crippen LogP contribution in [0.25, 0.3) is 0 Å². The summed E-state index contributed by atoms with van der Waals surface area (Å²) in [4.78, 5) is 12.3. The van der Waals surface area contributed by atoms with Crippen molar-refractivity contribution >= 4 is 17.7 Å². The second-order valence-corrected chi connectivity index (χ2v) is 8.33. The fraction of sp³-hybridized carbons (Fsp3) is 0.435. The largest absolute Gasteiger partial charge is 0.481 e. The van der Waals surface area contributed by atoms with Crippen LogP contribution in [-0.4, -0.2) is 24.3 Å². The Balaban J connectivity index is 1.37. The molecule has 27 heavy (non-hydrogen) atoms. The minimum absolute atomic E-state index is 0.0522. The van der Waals surface area contributed by atoms with Crippen LogP contribution in [0.5, 0.6) is 5.75 Å². The van der Waals surface area contributed by atoms with Crippen molar-refractivity contribution in [2.45, 2.75) is 51.4 Å². The van der Waals surface area contributed by atoms with Gasteiger partial charge in [-0.15, -0.1) is 0 Å². The lowest BCUT2D eigenvalue weighted by Crippen LogP contribution is -2.37. The van der Waals surface area contributed by atoms with Gasteiger partial charge in [-0.3, -0.25) is 4.79 Å². The van der Waals surface area contributed by atoms with Gasteiger partial charge in [-0.05, 0) is 68.4 Å². The molecule has 0 aromatic heterocycles. The average Bonchev–Trinajstić information content (AvgIpc) is 2.69. The summed E-state index contributed by atoms with van der Waals surface area (Å²) in [7, 11) is 0. The molecular formula is C23H29NO2S. The molecule has 0 spiro atoms. The molecule has 1 amide bonds. The fourth-order valence-corrected chi connectivity index (χ4v) is 4.12. The summed E-state index contributed by atoms with van der Waals surface area (Å²) in [6.07, 6.45) is 4.31. The molecule has 0 heterocycles. The van der Waals surface area contributed by atoms with Gasteiger partial charge in [0, 0.05) is 18.1 Å². The number of aryl methyl sites for hydroxylation is 3. The molecule has 1 aliphatic rings. The first-order chi connectivity index (χ1) is 13.1. The van der Waals surface area contributed by atoms with Crippen molar-refractivity contribution in [3.63, 3.8) is 0 Å². The Labute approximate surface area is 166 Å². The number of amides is 1. The molecule has 3 rings (SSSR count). The van der Waals surface area contributed by atoms with Gasteiger partial charge in [0.1, 0.15) is 5.75 Å². The first kappa shape index (κ1) is 19.8. The summed E-state index contributed by atoms with van der Waals surface area (Å²) in [6.45, 7) is 4.57. The van der Waals surface area contributed by atoms with Crippen LogP contribution in [0.4, 0.5) is 0 Å². The number of hydrogen-bond acceptors (Lipinski definition) is 3. The van der Waals surface area contributed by atoms with Gasteiger partial charge in [-0.2, -0.15) is 11.8 Å². The van der Waals surface area contributed by atoms with Crippen LogP contribution in [0, 0.1) is 6.92 Å². The second kappa shape index (κ2) is 9.84. The van der Waals surface area contributed by atoms with Crippen molar-refractivity contribution in [3.8, 4) is 5.75 Å². The third-order valence-electron chi connectivity index (χ3n) is 4.94. The van der Waals surface area contributed by atoms with Gasteiger partial charge in [-0.25, -0.2) is 0 Å². The molecule has 0 radical (unpaired) electrons. The van der Waals surface area contributed by atoms with Gasteiger partial charge >= 0.3 is 0 Å². The molecule has 0 saturated heterocycles. The van der Waals surface area contributed by atoms with Crippen molar-refractivity contribution < 1.29 is 9.53 Å². The monoisotopic (exact) mass is 383 g/mol. The molecule has 4 heteroatoms. The highest BCUT2D eigenvalue weighted by Crippen LogP contribution is 2.25. The predicted molar refractivity (Wildman–Crippen MR) is 114 cm³/mol. The summed E-state index contributed by atoms with van der Waals surface area (Å²) in [5.74, 6) is 2.61. The van der Waals surface area contributed by atoms with Gasteiger partial charge in [0.2, 0.25) is 0 Å². The first-order valence-electron chi connectivity index (χ1n) is 9.81. The van der Waals surface area contributed by atoms with Gasteiger partial charge in [0.25, 0.3) is 5.91 Å². The molecule has 1 atom stereocenters. The van der Waals surface area contributed by atoms with E-state index in [4.69, 9.17) is 4.74 Å². The van der Waals surface area contributed by atoms with E-state index in [0.717, 1.165) is 30.1 Å². The number of ether oxygens (including phenoxy) is 1. The maximum Gasteiger partial charge on any atom is 0.260 e. The molecule has 1 aliphatic carbocycles. The van der Waals surface area contributed by atoms with Gasteiger partial charge in [0.15, 0.2) is 6.10 Å². The zero-order valence-corrected chi connectivity index (χ0v) is 17.1. The van der Waals surface area contributed by atoms with E-state index in [1.807, 2.05) is 24.8 Å².